The quantitative estimate of drug-likeness (QED) is 0.634. The van der Waals surface area contributed by atoms with Crippen LogP contribution in [0.5, 0.6) is 0 Å². The van der Waals surface area contributed by atoms with Crippen molar-refractivity contribution in [3.8, 4) is 0 Å². The van der Waals surface area contributed by atoms with Crippen LogP contribution in [0.25, 0.3) is 0 Å². The van der Waals surface area contributed by atoms with Crippen LogP contribution in [0.2, 0.25) is 0 Å². The van der Waals surface area contributed by atoms with Gasteiger partial charge in [0.25, 0.3) is 0 Å². The number of nitrogens with one attached hydrogen (secondary N) is 1. The minimum Gasteiger partial charge on any atom is -0.329 e. The van der Waals surface area contributed by atoms with Crippen molar-refractivity contribution in [2.75, 3.05) is 13.1 Å². The van der Waals surface area contributed by atoms with Gasteiger partial charge in [0, 0.05) is 12.1 Å². The lowest BCUT2D eigenvalue weighted by Crippen LogP contribution is -2.51. The van der Waals surface area contributed by atoms with Crippen LogP contribution < -0.4 is 11.1 Å². The SMILES string of the molecule is CCCC(CN)(CCC)NCCC1CCC1. The van der Waals surface area contributed by atoms with E-state index in [-0.39, 0.29) is 5.54 Å². The number of hydrogen-bond donors (Lipinski definition) is 2. The van der Waals surface area contributed by atoms with Gasteiger partial charge in [-0.1, -0.05) is 46.0 Å². The molecule has 0 saturated heterocycles. The molecular weight excluding hydrogens is 196 g/mol. The largest absolute Gasteiger partial charge is 0.329 e. The maximum Gasteiger partial charge on any atom is 0.0303 e. The van der Waals surface area contributed by atoms with Gasteiger partial charge in [-0.3, -0.25) is 0 Å². The lowest BCUT2D eigenvalue weighted by Gasteiger charge is -2.35. The van der Waals surface area contributed by atoms with E-state index in [9.17, 15) is 0 Å². The van der Waals surface area contributed by atoms with Gasteiger partial charge in [-0.25, -0.2) is 0 Å². The molecule has 1 saturated carbocycles. The first-order valence-electron chi connectivity index (χ1n) is 7.21. The van der Waals surface area contributed by atoms with E-state index in [2.05, 4.69) is 19.2 Å². The normalized spacial score (nSPS) is 17.4. The van der Waals surface area contributed by atoms with Crippen LogP contribution in [0.3, 0.4) is 0 Å². The molecule has 1 fully saturated rings. The highest BCUT2D eigenvalue weighted by Gasteiger charge is 2.26. The fourth-order valence-electron chi connectivity index (χ4n) is 2.86. The molecule has 1 aliphatic carbocycles. The number of nitrogens with two attached hydrogens (primary N) is 1. The molecule has 1 rings (SSSR count). The Morgan fingerprint density at radius 2 is 1.81 bits per heavy atom. The first-order chi connectivity index (χ1) is 7.76. The Morgan fingerprint density at radius 3 is 2.19 bits per heavy atom. The maximum atomic E-state index is 5.98. The minimum absolute atomic E-state index is 0.229. The Kier molecular flexibility index (Phi) is 6.37. The predicted octanol–water partition coefficient (Wildman–Crippen LogP) is 3.06. The molecule has 16 heavy (non-hydrogen) atoms. The van der Waals surface area contributed by atoms with Gasteiger partial charge in [-0.05, 0) is 31.7 Å². The molecule has 0 unspecified atom stereocenters. The second-order valence-corrected chi connectivity index (χ2v) is 5.50. The van der Waals surface area contributed by atoms with Gasteiger partial charge in [-0.2, -0.15) is 0 Å². The Hall–Kier alpha value is -0.0800. The molecule has 96 valence electrons. The van der Waals surface area contributed by atoms with E-state index in [1.165, 1.54) is 57.9 Å². The van der Waals surface area contributed by atoms with Gasteiger partial charge < -0.3 is 11.1 Å². The summed E-state index contributed by atoms with van der Waals surface area (Å²) in [7, 11) is 0. The molecule has 0 aromatic heterocycles. The summed E-state index contributed by atoms with van der Waals surface area (Å²) in [6.07, 6.45) is 10.6. The lowest BCUT2D eigenvalue weighted by atomic mass is 9.82. The van der Waals surface area contributed by atoms with E-state index in [0.29, 0.717) is 0 Å². The van der Waals surface area contributed by atoms with Crippen molar-refractivity contribution in [1.82, 2.24) is 5.32 Å². The Morgan fingerprint density at radius 1 is 1.19 bits per heavy atom. The van der Waals surface area contributed by atoms with Gasteiger partial charge in [-0.15, -0.1) is 0 Å². The zero-order valence-corrected chi connectivity index (χ0v) is 11.2. The van der Waals surface area contributed by atoms with Crippen molar-refractivity contribution in [2.45, 2.75) is 70.8 Å². The van der Waals surface area contributed by atoms with Crippen molar-refractivity contribution in [3.63, 3.8) is 0 Å². The molecular formula is C14H30N2. The van der Waals surface area contributed by atoms with Crippen LogP contribution in [0, 0.1) is 5.92 Å². The van der Waals surface area contributed by atoms with Gasteiger partial charge in [0.1, 0.15) is 0 Å². The zero-order chi connectivity index (χ0) is 11.9. The smallest absolute Gasteiger partial charge is 0.0303 e. The average molecular weight is 226 g/mol. The highest BCUT2D eigenvalue weighted by molar-refractivity contribution is 4.88. The minimum atomic E-state index is 0.229. The summed E-state index contributed by atoms with van der Waals surface area (Å²) in [5, 5.41) is 3.76. The van der Waals surface area contributed by atoms with Gasteiger partial charge >= 0.3 is 0 Å². The number of rotatable bonds is 9. The van der Waals surface area contributed by atoms with Crippen molar-refractivity contribution in [2.24, 2.45) is 11.7 Å². The molecule has 0 atom stereocenters. The summed E-state index contributed by atoms with van der Waals surface area (Å²) >= 11 is 0. The van der Waals surface area contributed by atoms with Crippen LogP contribution in [-0.4, -0.2) is 18.6 Å². The van der Waals surface area contributed by atoms with Crippen molar-refractivity contribution in [3.05, 3.63) is 0 Å². The fraction of sp³-hybridized carbons (Fsp3) is 1.00. The third-order valence-electron chi connectivity index (χ3n) is 4.13. The van der Waals surface area contributed by atoms with Crippen LogP contribution in [0.15, 0.2) is 0 Å². The monoisotopic (exact) mass is 226 g/mol. The van der Waals surface area contributed by atoms with Gasteiger partial charge in [0.15, 0.2) is 0 Å². The van der Waals surface area contributed by atoms with Crippen molar-refractivity contribution >= 4 is 0 Å². The molecule has 1 aliphatic rings. The Balaban J connectivity index is 2.28. The molecule has 3 N–H and O–H groups in total. The van der Waals surface area contributed by atoms with Gasteiger partial charge in [0.05, 0.1) is 0 Å². The van der Waals surface area contributed by atoms with Crippen molar-refractivity contribution < 1.29 is 0 Å². The topological polar surface area (TPSA) is 38.0 Å². The molecule has 0 aliphatic heterocycles. The highest BCUT2D eigenvalue weighted by atomic mass is 15.0. The number of hydrogen-bond acceptors (Lipinski definition) is 2. The maximum absolute atomic E-state index is 5.98. The zero-order valence-electron chi connectivity index (χ0n) is 11.2. The van der Waals surface area contributed by atoms with E-state index < -0.39 is 0 Å². The predicted molar refractivity (Wildman–Crippen MR) is 71.6 cm³/mol. The third-order valence-corrected chi connectivity index (χ3v) is 4.13. The fourth-order valence-corrected chi connectivity index (χ4v) is 2.86. The van der Waals surface area contributed by atoms with E-state index in [1.807, 2.05) is 0 Å². The van der Waals surface area contributed by atoms with E-state index in [4.69, 9.17) is 5.73 Å². The molecule has 0 spiro atoms. The van der Waals surface area contributed by atoms with Crippen LogP contribution in [0.4, 0.5) is 0 Å². The summed E-state index contributed by atoms with van der Waals surface area (Å²) < 4.78 is 0. The summed E-state index contributed by atoms with van der Waals surface area (Å²) in [4.78, 5) is 0. The van der Waals surface area contributed by atoms with Crippen LogP contribution >= 0.6 is 0 Å². The molecule has 2 heteroatoms. The molecule has 0 aromatic carbocycles. The third kappa shape index (κ3) is 4.06. The van der Waals surface area contributed by atoms with Crippen LogP contribution in [0.1, 0.15) is 65.2 Å². The summed E-state index contributed by atoms with van der Waals surface area (Å²) in [5.41, 5.74) is 6.21. The van der Waals surface area contributed by atoms with Crippen molar-refractivity contribution in [1.29, 1.82) is 0 Å². The summed E-state index contributed by atoms with van der Waals surface area (Å²) in [6, 6.07) is 0. The van der Waals surface area contributed by atoms with Gasteiger partial charge in [0.2, 0.25) is 0 Å². The summed E-state index contributed by atoms with van der Waals surface area (Å²) in [6.45, 7) is 6.47. The summed E-state index contributed by atoms with van der Waals surface area (Å²) in [5.74, 6) is 1.01. The van der Waals surface area contributed by atoms with E-state index >= 15 is 0 Å². The molecule has 2 nitrogen and oxygen atoms in total. The molecule has 0 heterocycles. The second-order valence-electron chi connectivity index (χ2n) is 5.50. The average Bonchev–Trinajstić information content (AvgIpc) is 2.22. The second kappa shape index (κ2) is 7.29. The Labute approximate surface area is 101 Å². The highest BCUT2D eigenvalue weighted by Crippen LogP contribution is 2.29. The Bertz CT molecular complexity index is 170. The first-order valence-corrected chi connectivity index (χ1v) is 7.21. The standard InChI is InChI=1S/C14H30N2/c1-3-9-14(12-15,10-4-2)16-11-8-13-6-5-7-13/h13,16H,3-12,15H2,1-2H3. The molecule has 0 aromatic rings. The van der Waals surface area contributed by atoms with E-state index in [0.717, 1.165) is 12.5 Å². The van der Waals surface area contributed by atoms with E-state index in [1.54, 1.807) is 0 Å². The molecule has 0 amide bonds. The van der Waals surface area contributed by atoms with Crippen LogP contribution in [-0.2, 0) is 0 Å². The molecule has 0 radical (unpaired) electrons. The molecule has 0 bridgehead atoms. The lowest BCUT2D eigenvalue weighted by molar-refractivity contribution is 0.244. The first kappa shape index (κ1) is 14.0.